The molecule has 1 amide bonds. The Labute approximate surface area is 154 Å². The Balaban J connectivity index is 2.39. The molecule has 0 aliphatic heterocycles. The van der Waals surface area contributed by atoms with Crippen LogP contribution in [0.25, 0.3) is 5.69 Å². The molecular weight excluding hydrogens is 363 g/mol. The fourth-order valence-electron chi connectivity index (χ4n) is 2.70. The first-order valence-corrected chi connectivity index (χ1v) is 8.34. The standard InChI is InChI=1S/C18H20F3N3O3/c1-4-23(10-11(2)3)16(25)12-5-7-13(8-6-12)24-15(18(19,20)21)14(9-22-24)17(26)27/h5-9,11H,4,10H2,1-3H3,(H,26,27). The van der Waals surface area contributed by atoms with E-state index < -0.39 is 23.4 Å². The lowest BCUT2D eigenvalue weighted by Crippen LogP contribution is -2.34. The number of hydrogen-bond donors (Lipinski definition) is 1. The van der Waals surface area contributed by atoms with E-state index in [9.17, 15) is 22.8 Å². The van der Waals surface area contributed by atoms with Crippen LogP contribution >= 0.6 is 0 Å². The maximum absolute atomic E-state index is 13.3. The van der Waals surface area contributed by atoms with Crippen molar-refractivity contribution in [3.63, 3.8) is 0 Å². The summed E-state index contributed by atoms with van der Waals surface area (Å²) in [6.07, 6.45) is -4.24. The molecule has 1 N–H and O–H groups in total. The minimum absolute atomic E-state index is 0.0123. The number of benzene rings is 1. The van der Waals surface area contributed by atoms with E-state index in [4.69, 9.17) is 5.11 Å². The predicted octanol–water partition coefficient (Wildman–Crippen LogP) is 3.71. The largest absolute Gasteiger partial charge is 0.478 e. The number of hydrogen-bond acceptors (Lipinski definition) is 3. The molecule has 0 saturated carbocycles. The molecule has 6 nitrogen and oxygen atoms in total. The number of rotatable bonds is 6. The number of aromatic carboxylic acids is 1. The maximum atomic E-state index is 13.3. The third-order valence-electron chi connectivity index (χ3n) is 3.88. The summed E-state index contributed by atoms with van der Waals surface area (Å²) in [7, 11) is 0. The normalized spacial score (nSPS) is 11.7. The molecule has 0 bridgehead atoms. The second kappa shape index (κ2) is 7.81. The van der Waals surface area contributed by atoms with E-state index in [-0.39, 0.29) is 17.5 Å². The lowest BCUT2D eigenvalue weighted by atomic mass is 10.1. The first-order valence-electron chi connectivity index (χ1n) is 8.34. The van der Waals surface area contributed by atoms with Crippen molar-refractivity contribution in [2.75, 3.05) is 13.1 Å². The number of carbonyl (C=O) groups is 2. The van der Waals surface area contributed by atoms with E-state index >= 15 is 0 Å². The molecule has 9 heteroatoms. The number of aromatic nitrogens is 2. The zero-order valence-corrected chi connectivity index (χ0v) is 15.1. The van der Waals surface area contributed by atoms with Crippen LogP contribution < -0.4 is 0 Å². The minimum atomic E-state index is -4.89. The van der Waals surface area contributed by atoms with Gasteiger partial charge in [0.05, 0.1) is 11.9 Å². The van der Waals surface area contributed by atoms with Crippen LogP contribution in [0.4, 0.5) is 13.2 Å². The van der Waals surface area contributed by atoms with Crippen LogP contribution in [0.15, 0.2) is 30.5 Å². The lowest BCUT2D eigenvalue weighted by Gasteiger charge is -2.23. The van der Waals surface area contributed by atoms with Crippen molar-refractivity contribution in [1.29, 1.82) is 0 Å². The van der Waals surface area contributed by atoms with Gasteiger partial charge < -0.3 is 10.0 Å². The Morgan fingerprint density at radius 2 is 1.81 bits per heavy atom. The average Bonchev–Trinajstić information content (AvgIpc) is 3.05. The third-order valence-corrected chi connectivity index (χ3v) is 3.88. The average molecular weight is 383 g/mol. The van der Waals surface area contributed by atoms with Crippen LogP contribution in [0.5, 0.6) is 0 Å². The summed E-state index contributed by atoms with van der Waals surface area (Å²) in [5.74, 6) is -1.66. The molecule has 0 aliphatic rings. The highest BCUT2D eigenvalue weighted by Crippen LogP contribution is 2.33. The number of amides is 1. The van der Waals surface area contributed by atoms with Gasteiger partial charge in [-0.15, -0.1) is 0 Å². The lowest BCUT2D eigenvalue weighted by molar-refractivity contribution is -0.143. The monoisotopic (exact) mass is 383 g/mol. The summed E-state index contributed by atoms with van der Waals surface area (Å²) in [4.78, 5) is 25.2. The SMILES string of the molecule is CCN(CC(C)C)C(=O)c1ccc(-n2ncc(C(=O)O)c2C(F)(F)F)cc1. The first-order chi connectivity index (χ1) is 12.6. The molecule has 0 aliphatic carbocycles. The van der Waals surface area contributed by atoms with Crippen molar-refractivity contribution in [1.82, 2.24) is 14.7 Å². The van der Waals surface area contributed by atoms with Gasteiger partial charge in [-0.05, 0) is 37.1 Å². The number of alkyl halides is 3. The van der Waals surface area contributed by atoms with Crippen LogP contribution in [0.1, 0.15) is 47.2 Å². The van der Waals surface area contributed by atoms with Crippen LogP contribution in [-0.4, -0.2) is 44.8 Å². The molecule has 0 spiro atoms. The van der Waals surface area contributed by atoms with E-state index in [2.05, 4.69) is 5.10 Å². The zero-order valence-electron chi connectivity index (χ0n) is 15.1. The molecule has 0 fully saturated rings. The number of nitrogens with zero attached hydrogens (tertiary/aromatic N) is 3. The Bertz CT molecular complexity index is 827. The zero-order chi connectivity index (χ0) is 20.4. The molecular formula is C18H20F3N3O3. The second-order valence-electron chi connectivity index (χ2n) is 6.41. The van der Waals surface area contributed by atoms with Gasteiger partial charge in [0, 0.05) is 18.7 Å². The number of carboxylic acid groups (broad SMARTS) is 1. The summed E-state index contributed by atoms with van der Waals surface area (Å²) in [5.41, 5.74) is -1.96. The predicted molar refractivity (Wildman–Crippen MR) is 91.9 cm³/mol. The summed E-state index contributed by atoms with van der Waals surface area (Å²) in [6.45, 7) is 6.89. The van der Waals surface area contributed by atoms with E-state index in [1.807, 2.05) is 20.8 Å². The van der Waals surface area contributed by atoms with Crippen molar-refractivity contribution in [3.05, 3.63) is 47.3 Å². The second-order valence-corrected chi connectivity index (χ2v) is 6.41. The highest BCUT2D eigenvalue weighted by molar-refractivity contribution is 5.94. The van der Waals surface area contributed by atoms with Gasteiger partial charge in [-0.25, -0.2) is 9.48 Å². The van der Waals surface area contributed by atoms with E-state index in [1.54, 1.807) is 4.90 Å². The summed E-state index contributed by atoms with van der Waals surface area (Å²) >= 11 is 0. The molecule has 146 valence electrons. The molecule has 0 atom stereocenters. The van der Waals surface area contributed by atoms with Gasteiger partial charge in [0.25, 0.3) is 5.91 Å². The fourth-order valence-corrected chi connectivity index (χ4v) is 2.70. The van der Waals surface area contributed by atoms with Gasteiger partial charge in [0.2, 0.25) is 0 Å². The van der Waals surface area contributed by atoms with Crippen molar-refractivity contribution in [2.45, 2.75) is 26.9 Å². The maximum Gasteiger partial charge on any atom is 0.434 e. The molecule has 27 heavy (non-hydrogen) atoms. The van der Waals surface area contributed by atoms with Gasteiger partial charge >= 0.3 is 12.1 Å². The smallest absolute Gasteiger partial charge is 0.434 e. The van der Waals surface area contributed by atoms with Crippen molar-refractivity contribution < 1.29 is 27.9 Å². The molecule has 2 aromatic rings. The van der Waals surface area contributed by atoms with Crippen LogP contribution in [-0.2, 0) is 6.18 Å². The fraction of sp³-hybridized carbons (Fsp3) is 0.389. The van der Waals surface area contributed by atoms with Crippen LogP contribution in [0.2, 0.25) is 0 Å². The Morgan fingerprint density at radius 3 is 2.26 bits per heavy atom. The Hall–Kier alpha value is -2.84. The summed E-state index contributed by atoms with van der Waals surface area (Å²) < 4.78 is 40.4. The molecule has 1 aromatic carbocycles. The van der Waals surface area contributed by atoms with E-state index in [1.165, 1.54) is 24.3 Å². The quantitative estimate of drug-likeness (QED) is 0.825. The topological polar surface area (TPSA) is 75.4 Å². The van der Waals surface area contributed by atoms with Gasteiger partial charge in [0.1, 0.15) is 5.56 Å². The van der Waals surface area contributed by atoms with Gasteiger partial charge in [-0.2, -0.15) is 18.3 Å². The third kappa shape index (κ3) is 4.47. The summed E-state index contributed by atoms with van der Waals surface area (Å²) in [6, 6.07) is 5.43. The Kier molecular flexibility index (Phi) is 5.92. The Morgan fingerprint density at radius 1 is 1.22 bits per heavy atom. The van der Waals surface area contributed by atoms with Gasteiger partial charge in [-0.1, -0.05) is 13.8 Å². The van der Waals surface area contributed by atoms with Crippen molar-refractivity contribution in [2.24, 2.45) is 5.92 Å². The minimum Gasteiger partial charge on any atom is -0.478 e. The number of carbonyl (C=O) groups excluding carboxylic acids is 1. The van der Waals surface area contributed by atoms with Gasteiger partial charge in [-0.3, -0.25) is 4.79 Å². The van der Waals surface area contributed by atoms with Crippen molar-refractivity contribution in [3.8, 4) is 5.69 Å². The molecule has 1 aromatic heterocycles. The highest BCUT2D eigenvalue weighted by atomic mass is 19.4. The highest BCUT2D eigenvalue weighted by Gasteiger charge is 2.40. The molecule has 0 unspecified atom stereocenters. The van der Waals surface area contributed by atoms with Gasteiger partial charge in [0.15, 0.2) is 5.69 Å². The number of carboxylic acids is 1. The first kappa shape index (κ1) is 20.5. The molecule has 2 rings (SSSR count). The number of halogens is 3. The van der Waals surface area contributed by atoms with E-state index in [0.717, 1.165) is 0 Å². The van der Waals surface area contributed by atoms with Crippen LogP contribution in [0.3, 0.4) is 0 Å². The summed E-state index contributed by atoms with van der Waals surface area (Å²) in [5, 5.41) is 12.5. The van der Waals surface area contributed by atoms with E-state index in [0.29, 0.717) is 29.5 Å². The van der Waals surface area contributed by atoms with Crippen molar-refractivity contribution >= 4 is 11.9 Å². The molecule has 0 saturated heterocycles. The molecule has 0 radical (unpaired) electrons. The molecule has 1 heterocycles. The van der Waals surface area contributed by atoms with Crippen LogP contribution in [0, 0.1) is 5.92 Å².